The molecule has 0 aliphatic rings. The molecule has 0 fully saturated rings. The Morgan fingerprint density at radius 3 is 2.00 bits per heavy atom. The normalized spacial score (nSPS) is 9.83. The first-order valence-corrected chi connectivity index (χ1v) is 5.56. The van der Waals surface area contributed by atoms with Crippen LogP contribution in [0.15, 0.2) is 54.6 Å². The van der Waals surface area contributed by atoms with Gasteiger partial charge in [0.05, 0.1) is 5.56 Å². The van der Waals surface area contributed by atoms with Crippen LogP contribution in [-0.2, 0) is 4.29 Å². The second kappa shape index (κ2) is 5.47. The first-order valence-electron chi connectivity index (χ1n) is 5.25. The lowest BCUT2D eigenvalue weighted by Crippen LogP contribution is -2.09. The van der Waals surface area contributed by atoms with Crippen LogP contribution < -0.4 is 0 Å². The van der Waals surface area contributed by atoms with Gasteiger partial charge in [-0.3, -0.25) is 4.79 Å². The Labute approximate surface area is 109 Å². The Hall–Kier alpha value is -2.13. The van der Waals surface area contributed by atoms with Crippen molar-refractivity contribution in [2.24, 2.45) is 0 Å². The van der Waals surface area contributed by atoms with E-state index >= 15 is 0 Å². The first-order chi connectivity index (χ1) is 8.74. The van der Waals surface area contributed by atoms with E-state index in [0.29, 0.717) is 5.56 Å². The monoisotopic (exact) mass is 260 g/mol. The Balaban J connectivity index is 2.46. The van der Waals surface area contributed by atoms with Crippen LogP contribution in [0.5, 0.6) is 0 Å². The molecule has 0 atom stereocenters. The summed E-state index contributed by atoms with van der Waals surface area (Å²) in [5.41, 5.74) is 0.933. The first kappa shape index (κ1) is 12.3. The molecule has 0 saturated carbocycles. The number of carbonyl (C=O) groups excluding carboxylic acids is 2. The number of benzene rings is 2. The van der Waals surface area contributed by atoms with Gasteiger partial charge in [-0.25, -0.2) is 4.79 Å². The highest BCUT2D eigenvalue weighted by Gasteiger charge is 2.18. The average molecular weight is 261 g/mol. The molecule has 2 aromatic carbocycles. The molecule has 0 aromatic heterocycles. The minimum atomic E-state index is -0.739. The van der Waals surface area contributed by atoms with Crippen molar-refractivity contribution in [1.82, 2.24) is 0 Å². The van der Waals surface area contributed by atoms with Gasteiger partial charge in [-0.05, 0) is 6.07 Å². The van der Waals surface area contributed by atoms with E-state index in [1.165, 1.54) is 6.07 Å². The molecule has 2 aromatic rings. The van der Waals surface area contributed by atoms with E-state index in [1.54, 1.807) is 42.5 Å². The fourth-order valence-electron chi connectivity index (χ4n) is 1.65. The van der Waals surface area contributed by atoms with Crippen LogP contribution in [0.25, 0.3) is 0 Å². The molecule has 0 saturated heterocycles. The Kier molecular flexibility index (Phi) is 3.75. The summed E-state index contributed by atoms with van der Waals surface area (Å²) in [5.74, 6) is -0.982. The van der Waals surface area contributed by atoms with Crippen molar-refractivity contribution in [1.29, 1.82) is 0 Å². The third-order valence-corrected chi connectivity index (χ3v) is 2.64. The number of ketones is 1. The maximum absolute atomic E-state index is 12.2. The van der Waals surface area contributed by atoms with E-state index in [4.69, 9.17) is 11.9 Å². The summed E-state index contributed by atoms with van der Waals surface area (Å²) in [4.78, 5) is 23.7. The van der Waals surface area contributed by atoms with E-state index in [-0.39, 0.29) is 16.9 Å². The summed E-state index contributed by atoms with van der Waals surface area (Å²) in [6.07, 6.45) is 0. The number of hydrogen-bond acceptors (Lipinski definition) is 3. The second-order valence-corrected chi connectivity index (χ2v) is 3.76. The SMILES string of the molecule is O=C(OCl)c1ccccc1C(=O)c1ccccc1. The van der Waals surface area contributed by atoms with Crippen LogP contribution in [0.3, 0.4) is 0 Å². The van der Waals surface area contributed by atoms with Gasteiger partial charge in [-0.1, -0.05) is 48.5 Å². The Morgan fingerprint density at radius 2 is 1.39 bits per heavy atom. The molecular formula is C14H9ClO3. The molecule has 2 rings (SSSR count). The summed E-state index contributed by atoms with van der Waals surface area (Å²) >= 11 is 5.05. The van der Waals surface area contributed by atoms with Crippen molar-refractivity contribution in [2.45, 2.75) is 0 Å². The lowest BCUT2D eigenvalue weighted by Gasteiger charge is -2.05. The van der Waals surface area contributed by atoms with Crippen molar-refractivity contribution in [3.63, 3.8) is 0 Å². The fourth-order valence-corrected chi connectivity index (χ4v) is 1.73. The molecule has 0 aliphatic heterocycles. The maximum Gasteiger partial charge on any atom is 0.357 e. The van der Waals surface area contributed by atoms with Crippen LogP contribution in [0.4, 0.5) is 0 Å². The zero-order valence-corrected chi connectivity index (χ0v) is 10.1. The third-order valence-electron chi connectivity index (χ3n) is 2.50. The molecule has 18 heavy (non-hydrogen) atoms. The lowest BCUT2D eigenvalue weighted by atomic mass is 9.98. The summed E-state index contributed by atoms with van der Waals surface area (Å²) in [5, 5.41) is 0. The van der Waals surface area contributed by atoms with Crippen LogP contribution in [0.1, 0.15) is 26.3 Å². The third kappa shape index (κ3) is 2.41. The van der Waals surface area contributed by atoms with Gasteiger partial charge in [0.15, 0.2) is 5.78 Å². The summed E-state index contributed by atoms with van der Waals surface area (Å²) in [6, 6.07) is 15.1. The zero-order valence-electron chi connectivity index (χ0n) is 9.30. The lowest BCUT2D eigenvalue weighted by molar-refractivity contribution is 0.0747. The van der Waals surface area contributed by atoms with Gasteiger partial charge in [-0.15, -0.1) is 0 Å². The quantitative estimate of drug-likeness (QED) is 0.796. The zero-order chi connectivity index (χ0) is 13.0. The molecular weight excluding hydrogens is 252 g/mol. The molecule has 0 unspecified atom stereocenters. The van der Waals surface area contributed by atoms with Gasteiger partial charge in [0, 0.05) is 11.1 Å². The van der Waals surface area contributed by atoms with Crippen molar-refractivity contribution >= 4 is 23.6 Å². The predicted molar refractivity (Wildman–Crippen MR) is 67.6 cm³/mol. The second-order valence-electron chi connectivity index (χ2n) is 3.61. The molecule has 3 nitrogen and oxygen atoms in total. The molecule has 0 spiro atoms. The van der Waals surface area contributed by atoms with Gasteiger partial charge in [-0.2, -0.15) is 0 Å². The molecule has 0 heterocycles. The molecule has 0 aliphatic carbocycles. The molecule has 0 bridgehead atoms. The van der Waals surface area contributed by atoms with Crippen molar-refractivity contribution in [3.8, 4) is 0 Å². The average Bonchev–Trinajstić information content (AvgIpc) is 2.46. The number of hydrogen-bond donors (Lipinski definition) is 0. The van der Waals surface area contributed by atoms with E-state index in [2.05, 4.69) is 4.29 Å². The van der Waals surface area contributed by atoms with E-state index in [0.717, 1.165) is 0 Å². The molecule has 0 amide bonds. The summed E-state index contributed by atoms with van der Waals surface area (Å²) in [7, 11) is 0. The van der Waals surface area contributed by atoms with Gasteiger partial charge in [0.2, 0.25) is 0 Å². The highest BCUT2D eigenvalue weighted by Crippen LogP contribution is 2.16. The van der Waals surface area contributed by atoms with E-state index in [1.807, 2.05) is 6.07 Å². The summed E-state index contributed by atoms with van der Waals surface area (Å²) < 4.78 is 4.14. The Morgan fingerprint density at radius 1 is 0.833 bits per heavy atom. The van der Waals surface area contributed by atoms with Gasteiger partial charge in [0.1, 0.15) is 11.9 Å². The molecule has 90 valence electrons. The molecule has 4 heteroatoms. The standard InChI is InChI=1S/C14H9ClO3/c15-18-14(17)12-9-5-4-8-11(12)13(16)10-6-2-1-3-7-10/h1-9H. The molecule has 0 radical (unpaired) electrons. The van der Waals surface area contributed by atoms with Crippen LogP contribution in [0.2, 0.25) is 0 Å². The maximum atomic E-state index is 12.2. The van der Waals surface area contributed by atoms with Crippen molar-refractivity contribution in [3.05, 3.63) is 71.3 Å². The minimum absolute atomic E-state index is 0.154. The molecule has 0 N–H and O–H groups in total. The highest BCUT2D eigenvalue weighted by molar-refractivity contribution is 6.19. The number of halogens is 1. The Bertz CT molecular complexity index is 579. The van der Waals surface area contributed by atoms with Crippen LogP contribution in [-0.4, -0.2) is 11.8 Å². The van der Waals surface area contributed by atoms with Gasteiger partial charge < -0.3 is 4.29 Å². The smallest absolute Gasteiger partial charge is 0.343 e. The van der Waals surface area contributed by atoms with Crippen molar-refractivity contribution in [2.75, 3.05) is 0 Å². The van der Waals surface area contributed by atoms with E-state index < -0.39 is 5.97 Å². The predicted octanol–water partition coefficient (Wildman–Crippen LogP) is 3.23. The summed E-state index contributed by atoms with van der Waals surface area (Å²) in [6.45, 7) is 0. The van der Waals surface area contributed by atoms with Crippen LogP contribution >= 0.6 is 11.9 Å². The van der Waals surface area contributed by atoms with Gasteiger partial charge in [0.25, 0.3) is 0 Å². The van der Waals surface area contributed by atoms with Gasteiger partial charge >= 0.3 is 5.97 Å². The number of rotatable bonds is 3. The fraction of sp³-hybridized carbons (Fsp3) is 0. The topological polar surface area (TPSA) is 43.4 Å². The number of carbonyl (C=O) groups is 2. The van der Waals surface area contributed by atoms with Crippen molar-refractivity contribution < 1.29 is 13.9 Å². The largest absolute Gasteiger partial charge is 0.357 e. The van der Waals surface area contributed by atoms with Crippen LogP contribution in [0, 0.1) is 0 Å². The minimum Gasteiger partial charge on any atom is -0.343 e. The highest BCUT2D eigenvalue weighted by atomic mass is 35.5. The van der Waals surface area contributed by atoms with E-state index in [9.17, 15) is 9.59 Å².